The van der Waals surface area contributed by atoms with E-state index >= 15 is 0 Å². The SMILES string of the molecule is COc1cc(NC(=O)N2CCC(C(=O)O)CC2)cc(OC)c1. The molecule has 7 nitrogen and oxygen atoms in total. The van der Waals surface area contributed by atoms with Crippen LogP contribution in [0, 0.1) is 5.92 Å². The molecule has 0 spiro atoms. The summed E-state index contributed by atoms with van der Waals surface area (Å²) in [4.78, 5) is 24.8. The molecule has 1 aliphatic heterocycles. The Balaban J connectivity index is 1.99. The number of hydrogen-bond acceptors (Lipinski definition) is 4. The molecule has 120 valence electrons. The number of anilines is 1. The summed E-state index contributed by atoms with van der Waals surface area (Å²) >= 11 is 0. The van der Waals surface area contributed by atoms with Gasteiger partial charge in [0.2, 0.25) is 0 Å². The minimum Gasteiger partial charge on any atom is -0.497 e. The summed E-state index contributed by atoms with van der Waals surface area (Å²) in [6.45, 7) is 0.869. The zero-order chi connectivity index (χ0) is 16.1. The summed E-state index contributed by atoms with van der Waals surface area (Å²) in [5.74, 6) is 0.0111. The van der Waals surface area contributed by atoms with Crippen molar-refractivity contribution < 1.29 is 24.2 Å². The fourth-order valence-electron chi connectivity index (χ4n) is 2.41. The van der Waals surface area contributed by atoms with Crippen molar-refractivity contribution in [3.8, 4) is 11.5 Å². The number of carbonyl (C=O) groups is 2. The summed E-state index contributed by atoms with van der Waals surface area (Å²) in [6, 6.07) is 4.86. The number of carboxylic acid groups (broad SMARTS) is 1. The molecule has 1 aromatic rings. The number of nitrogens with zero attached hydrogens (tertiary/aromatic N) is 1. The molecule has 2 amide bonds. The highest BCUT2D eigenvalue weighted by molar-refractivity contribution is 5.90. The average Bonchev–Trinajstić information content (AvgIpc) is 2.54. The second-order valence-electron chi connectivity index (χ2n) is 5.13. The molecule has 0 bridgehead atoms. The van der Waals surface area contributed by atoms with Crippen molar-refractivity contribution in [2.45, 2.75) is 12.8 Å². The van der Waals surface area contributed by atoms with Crippen LogP contribution in [0.5, 0.6) is 11.5 Å². The molecule has 2 N–H and O–H groups in total. The van der Waals surface area contributed by atoms with Crippen LogP contribution in [-0.2, 0) is 4.79 Å². The summed E-state index contributed by atoms with van der Waals surface area (Å²) in [5.41, 5.74) is 0.571. The van der Waals surface area contributed by atoms with Crippen LogP contribution in [0.25, 0.3) is 0 Å². The molecule has 7 heteroatoms. The lowest BCUT2D eigenvalue weighted by atomic mass is 9.97. The molecule has 1 aliphatic rings. The van der Waals surface area contributed by atoms with E-state index in [0.29, 0.717) is 43.1 Å². The summed E-state index contributed by atoms with van der Waals surface area (Å²) in [6.07, 6.45) is 0.953. The number of carbonyl (C=O) groups excluding carboxylic acids is 1. The van der Waals surface area contributed by atoms with E-state index in [2.05, 4.69) is 5.32 Å². The van der Waals surface area contributed by atoms with Gasteiger partial charge in [0.25, 0.3) is 0 Å². The average molecular weight is 308 g/mol. The van der Waals surface area contributed by atoms with Crippen LogP contribution >= 0.6 is 0 Å². The lowest BCUT2D eigenvalue weighted by Gasteiger charge is -2.30. The van der Waals surface area contributed by atoms with Crippen molar-refractivity contribution >= 4 is 17.7 Å². The molecule has 22 heavy (non-hydrogen) atoms. The second kappa shape index (κ2) is 7.02. The van der Waals surface area contributed by atoms with Crippen molar-refractivity contribution in [1.82, 2.24) is 4.90 Å². The van der Waals surface area contributed by atoms with Crippen LogP contribution in [0.4, 0.5) is 10.5 Å². The molecule has 0 radical (unpaired) electrons. The predicted molar refractivity (Wildman–Crippen MR) is 80.5 cm³/mol. The maximum absolute atomic E-state index is 12.2. The molecule has 0 aromatic heterocycles. The maximum Gasteiger partial charge on any atom is 0.321 e. The Morgan fingerprint density at radius 1 is 1.14 bits per heavy atom. The van der Waals surface area contributed by atoms with E-state index in [0.717, 1.165) is 0 Å². The standard InChI is InChI=1S/C15H20N2O5/c1-21-12-7-11(8-13(9-12)22-2)16-15(20)17-5-3-10(4-6-17)14(18)19/h7-10H,3-6H2,1-2H3,(H,16,20)(H,18,19). The molecular formula is C15H20N2O5. The van der Waals surface area contributed by atoms with E-state index in [1.165, 1.54) is 14.2 Å². The Morgan fingerprint density at radius 2 is 1.68 bits per heavy atom. The van der Waals surface area contributed by atoms with Crippen LogP contribution in [-0.4, -0.2) is 49.3 Å². The number of hydrogen-bond donors (Lipinski definition) is 2. The normalized spacial score (nSPS) is 15.3. The largest absolute Gasteiger partial charge is 0.497 e. The smallest absolute Gasteiger partial charge is 0.321 e. The van der Waals surface area contributed by atoms with Crippen molar-refractivity contribution in [3.05, 3.63) is 18.2 Å². The van der Waals surface area contributed by atoms with Crippen molar-refractivity contribution in [2.24, 2.45) is 5.92 Å². The first-order valence-electron chi connectivity index (χ1n) is 7.05. The third-order valence-corrected chi connectivity index (χ3v) is 3.73. The van der Waals surface area contributed by atoms with Gasteiger partial charge in [-0.15, -0.1) is 0 Å². The maximum atomic E-state index is 12.2. The highest BCUT2D eigenvalue weighted by Gasteiger charge is 2.27. The fourth-order valence-corrected chi connectivity index (χ4v) is 2.41. The third-order valence-electron chi connectivity index (χ3n) is 3.73. The number of carboxylic acids is 1. The number of methoxy groups -OCH3 is 2. The molecule has 0 atom stereocenters. The highest BCUT2D eigenvalue weighted by Crippen LogP contribution is 2.26. The molecular weight excluding hydrogens is 288 g/mol. The van der Waals surface area contributed by atoms with E-state index in [9.17, 15) is 9.59 Å². The number of piperidine rings is 1. The first-order valence-corrected chi connectivity index (χ1v) is 7.05. The van der Waals surface area contributed by atoms with E-state index in [4.69, 9.17) is 14.6 Å². The van der Waals surface area contributed by atoms with Crippen LogP contribution in [0.1, 0.15) is 12.8 Å². The Bertz CT molecular complexity index is 531. The lowest BCUT2D eigenvalue weighted by Crippen LogP contribution is -2.42. The van der Waals surface area contributed by atoms with E-state index in [1.807, 2.05) is 0 Å². The van der Waals surface area contributed by atoms with Gasteiger partial charge in [0.05, 0.1) is 20.1 Å². The van der Waals surface area contributed by atoms with Gasteiger partial charge in [-0.3, -0.25) is 4.79 Å². The highest BCUT2D eigenvalue weighted by atomic mass is 16.5. The summed E-state index contributed by atoms with van der Waals surface area (Å²) in [5, 5.41) is 11.8. The second-order valence-corrected chi connectivity index (χ2v) is 5.13. The number of nitrogens with one attached hydrogen (secondary N) is 1. The summed E-state index contributed by atoms with van der Waals surface area (Å²) in [7, 11) is 3.08. The number of likely N-dealkylation sites (tertiary alicyclic amines) is 1. The first-order chi connectivity index (χ1) is 10.5. The summed E-state index contributed by atoms with van der Waals surface area (Å²) < 4.78 is 10.3. The van der Waals surface area contributed by atoms with E-state index in [-0.39, 0.29) is 11.9 Å². The quantitative estimate of drug-likeness (QED) is 0.888. The minimum atomic E-state index is -0.794. The number of aliphatic carboxylic acids is 1. The van der Waals surface area contributed by atoms with Gasteiger partial charge in [-0.05, 0) is 12.8 Å². The van der Waals surface area contributed by atoms with E-state index < -0.39 is 5.97 Å². The Kier molecular flexibility index (Phi) is 5.08. The van der Waals surface area contributed by atoms with Gasteiger partial charge >= 0.3 is 12.0 Å². The lowest BCUT2D eigenvalue weighted by molar-refractivity contribution is -0.143. The zero-order valence-electron chi connectivity index (χ0n) is 12.7. The number of urea groups is 1. The van der Waals surface area contributed by atoms with Gasteiger partial charge in [-0.1, -0.05) is 0 Å². The molecule has 2 rings (SSSR count). The Hall–Kier alpha value is -2.44. The van der Waals surface area contributed by atoms with Gasteiger partial charge in [0, 0.05) is 37.0 Å². The van der Waals surface area contributed by atoms with E-state index in [1.54, 1.807) is 23.1 Å². The van der Waals surface area contributed by atoms with Gasteiger partial charge in [0.15, 0.2) is 0 Å². The molecule has 1 fully saturated rings. The van der Waals surface area contributed by atoms with Gasteiger partial charge in [-0.2, -0.15) is 0 Å². The van der Waals surface area contributed by atoms with Gasteiger partial charge in [0.1, 0.15) is 11.5 Å². The fraction of sp³-hybridized carbons (Fsp3) is 0.467. The Labute approximate surface area is 128 Å². The molecule has 1 saturated heterocycles. The van der Waals surface area contributed by atoms with Crippen LogP contribution in [0.2, 0.25) is 0 Å². The first kappa shape index (κ1) is 15.9. The molecule has 0 unspecified atom stereocenters. The Morgan fingerprint density at radius 3 is 2.14 bits per heavy atom. The molecule has 1 aromatic carbocycles. The van der Waals surface area contributed by atoms with Crippen molar-refractivity contribution in [2.75, 3.05) is 32.6 Å². The van der Waals surface area contributed by atoms with Crippen molar-refractivity contribution in [1.29, 1.82) is 0 Å². The third kappa shape index (κ3) is 3.81. The molecule has 0 aliphatic carbocycles. The van der Waals surface area contributed by atoms with Crippen molar-refractivity contribution in [3.63, 3.8) is 0 Å². The number of ether oxygens (including phenoxy) is 2. The van der Waals surface area contributed by atoms with Crippen LogP contribution in [0.15, 0.2) is 18.2 Å². The van der Waals surface area contributed by atoms with Crippen LogP contribution < -0.4 is 14.8 Å². The van der Waals surface area contributed by atoms with Gasteiger partial charge in [-0.25, -0.2) is 4.79 Å². The predicted octanol–water partition coefficient (Wildman–Crippen LogP) is 2.03. The molecule has 1 heterocycles. The van der Waals surface area contributed by atoms with Gasteiger partial charge < -0.3 is 24.8 Å². The topological polar surface area (TPSA) is 88.1 Å². The zero-order valence-corrected chi connectivity index (χ0v) is 12.7. The number of rotatable bonds is 4. The monoisotopic (exact) mass is 308 g/mol. The number of amides is 2. The minimum absolute atomic E-state index is 0.251. The number of benzene rings is 1. The van der Waals surface area contributed by atoms with Crippen LogP contribution in [0.3, 0.4) is 0 Å². The molecule has 0 saturated carbocycles.